The van der Waals surface area contributed by atoms with E-state index in [2.05, 4.69) is 4.98 Å². The van der Waals surface area contributed by atoms with Gasteiger partial charge in [0.05, 0.1) is 5.52 Å². The molecular formula is C13H14N2O. The minimum atomic E-state index is -0.273. The molecule has 0 spiro atoms. The largest absolute Gasteiger partial charge is 0.370 e. The van der Waals surface area contributed by atoms with Gasteiger partial charge < -0.3 is 5.73 Å². The van der Waals surface area contributed by atoms with Crippen LogP contribution >= 0.6 is 0 Å². The first-order valence-corrected chi connectivity index (χ1v) is 5.30. The maximum atomic E-state index is 10.8. The zero-order valence-corrected chi connectivity index (χ0v) is 9.23. The molecule has 3 nitrogen and oxygen atoms in total. The van der Waals surface area contributed by atoms with Crippen LogP contribution in [0, 0.1) is 6.92 Å². The number of hydrogen-bond donors (Lipinski definition) is 1. The third-order valence-electron chi connectivity index (χ3n) is 2.58. The number of pyridine rings is 1. The van der Waals surface area contributed by atoms with E-state index in [1.54, 1.807) is 0 Å². The molecule has 2 N–H and O–H groups in total. The van der Waals surface area contributed by atoms with Crippen molar-refractivity contribution in [3.8, 4) is 0 Å². The molecule has 16 heavy (non-hydrogen) atoms. The zero-order valence-electron chi connectivity index (χ0n) is 9.23. The number of benzene rings is 1. The average Bonchev–Trinajstić information content (AvgIpc) is 2.26. The van der Waals surface area contributed by atoms with Crippen LogP contribution in [0.5, 0.6) is 0 Å². The van der Waals surface area contributed by atoms with E-state index in [-0.39, 0.29) is 5.91 Å². The predicted molar refractivity (Wildman–Crippen MR) is 64.0 cm³/mol. The molecule has 2 rings (SSSR count). The summed E-state index contributed by atoms with van der Waals surface area (Å²) in [5.41, 5.74) is 8.20. The van der Waals surface area contributed by atoms with Crippen molar-refractivity contribution >= 4 is 16.8 Å². The molecule has 0 aliphatic rings. The van der Waals surface area contributed by atoms with E-state index in [0.717, 1.165) is 22.2 Å². The Kier molecular flexibility index (Phi) is 2.86. The molecule has 0 atom stereocenters. The van der Waals surface area contributed by atoms with Crippen molar-refractivity contribution in [2.45, 2.75) is 19.8 Å². The van der Waals surface area contributed by atoms with Gasteiger partial charge in [0.15, 0.2) is 0 Å². The number of aryl methyl sites for hydroxylation is 2. The van der Waals surface area contributed by atoms with Crippen molar-refractivity contribution in [3.05, 3.63) is 41.6 Å². The molecule has 0 radical (unpaired) electrons. The van der Waals surface area contributed by atoms with Gasteiger partial charge in [0.2, 0.25) is 5.91 Å². The molecule has 1 aromatic heterocycles. The summed E-state index contributed by atoms with van der Waals surface area (Å²) in [7, 11) is 0. The van der Waals surface area contributed by atoms with Gasteiger partial charge in [-0.05, 0) is 25.0 Å². The smallest absolute Gasteiger partial charge is 0.217 e. The normalized spacial score (nSPS) is 10.6. The van der Waals surface area contributed by atoms with Gasteiger partial charge in [-0.2, -0.15) is 0 Å². The number of nitrogens with two attached hydrogens (primary N) is 1. The number of primary amides is 1. The lowest BCUT2D eigenvalue weighted by molar-refractivity contribution is -0.117. The van der Waals surface area contributed by atoms with Crippen molar-refractivity contribution in [1.29, 1.82) is 0 Å². The number of nitrogens with zero attached hydrogens (tertiary/aromatic N) is 1. The van der Waals surface area contributed by atoms with Crippen LogP contribution in [-0.2, 0) is 11.2 Å². The Morgan fingerprint density at radius 1 is 1.31 bits per heavy atom. The van der Waals surface area contributed by atoms with E-state index in [4.69, 9.17) is 5.73 Å². The molecule has 0 fully saturated rings. The second-order valence-electron chi connectivity index (χ2n) is 3.91. The molecule has 0 saturated carbocycles. The standard InChI is InChI=1S/C13H14N2O/c1-9-5-6-10-3-2-4-11(13(10)15-9)7-8-12(14)16/h2-6H,7-8H2,1H3,(H2,14,16). The van der Waals surface area contributed by atoms with Gasteiger partial charge in [0.1, 0.15) is 0 Å². The van der Waals surface area contributed by atoms with Crippen LogP contribution in [0.1, 0.15) is 17.7 Å². The quantitative estimate of drug-likeness (QED) is 0.849. The van der Waals surface area contributed by atoms with Gasteiger partial charge in [-0.25, -0.2) is 0 Å². The van der Waals surface area contributed by atoms with Crippen LogP contribution < -0.4 is 5.73 Å². The fourth-order valence-corrected chi connectivity index (χ4v) is 1.77. The first kappa shape index (κ1) is 10.6. The maximum Gasteiger partial charge on any atom is 0.217 e. The van der Waals surface area contributed by atoms with E-state index in [0.29, 0.717) is 12.8 Å². The van der Waals surface area contributed by atoms with Crippen molar-refractivity contribution in [2.24, 2.45) is 5.73 Å². The topological polar surface area (TPSA) is 56.0 Å². The van der Waals surface area contributed by atoms with Gasteiger partial charge in [0.25, 0.3) is 0 Å². The van der Waals surface area contributed by atoms with Crippen molar-refractivity contribution in [3.63, 3.8) is 0 Å². The van der Waals surface area contributed by atoms with Gasteiger partial charge in [-0.15, -0.1) is 0 Å². The number of carbonyl (C=O) groups excluding carboxylic acids is 1. The Bertz CT molecular complexity index is 534. The number of amides is 1. The second kappa shape index (κ2) is 4.31. The Morgan fingerprint density at radius 2 is 2.12 bits per heavy atom. The first-order chi connectivity index (χ1) is 7.66. The molecule has 0 aliphatic heterocycles. The minimum Gasteiger partial charge on any atom is -0.370 e. The fourth-order valence-electron chi connectivity index (χ4n) is 1.77. The Balaban J connectivity index is 2.43. The highest BCUT2D eigenvalue weighted by Gasteiger charge is 2.04. The fraction of sp³-hybridized carbons (Fsp3) is 0.231. The number of fused-ring (bicyclic) bond motifs is 1. The van der Waals surface area contributed by atoms with E-state index in [1.807, 2.05) is 37.3 Å². The number of rotatable bonds is 3. The Labute approximate surface area is 94.3 Å². The SMILES string of the molecule is Cc1ccc2cccc(CCC(N)=O)c2n1. The molecule has 3 heteroatoms. The van der Waals surface area contributed by atoms with Gasteiger partial charge in [0, 0.05) is 17.5 Å². The summed E-state index contributed by atoms with van der Waals surface area (Å²) in [6, 6.07) is 10.0. The summed E-state index contributed by atoms with van der Waals surface area (Å²) in [5, 5.41) is 1.10. The van der Waals surface area contributed by atoms with Crippen LogP contribution in [0.2, 0.25) is 0 Å². The highest BCUT2D eigenvalue weighted by molar-refractivity contribution is 5.82. The summed E-state index contributed by atoms with van der Waals surface area (Å²) >= 11 is 0. The number of aromatic nitrogens is 1. The molecule has 1 heterocycles. The lowest BCUT2D eigenvalue weighted by atomic mass is 10.0. The van der Waals surface area contributed by atoms with Crippen LogP contribution in [0.25, 0.3) is 10.9 Å². The molecule has 1 aromatic carbocycles. The molecule has 1 amide bonds. The molecule has 2 aromatic rings. The highest BCUT2D eigenvalue weighted by atomic mass is 16.1. The molecular weight excluding hydrogens is 200 g/mol. The third-order valence-corrected chi connectivity index (χ3v) is 2.58. The average molecular weight is 214 g/mol. The maximum absolute atomic E-state index is 10.8. The molecule has 0 unspecified atom stereocenters. The van der Waals surface area contributed by atoms with Crippen LogP contribution in [0.15, 0.2) is 30.3 Å². The third kappa shape index (κ3) is 2.19. The molecule has 0 saturated heterocycles. The first-order valence-electron chi connectivity index (χ1n) is 5.30. The summed E-state index contributed by atoms with van der Waals surface area (Å²) < 4.78 is 0. The van der Waals surface area contributed by atoms with Crippen LogP contribution in [0.3, 0.4) is 0 Å². The Hall–Kier alpha value is -1.90. The summed E-state index contributed by atoms with van der Waals surface area (Å²) in [6.07, 6.45) is 1.03. The van der Waals surface area contributed by atoms with E-state index in [9.17, 15) is 4.79 Å². The van der Waals surface area contributed by atoms with Crippen molar-refractivity contribution in [1.82, 2.24) is 4.98 Å². The monoisotopic (exact) mass is 214 g/mol. The summed E-state index contributed by atoms with van der Waals surface area (Å²) in [4.78, 5) is 15.3. The van der Waals surface area contributed by atoms with Crippen LogP contribution in [0.4, 0.5) is 0 Å². The van der Waals surface area contributed by atoms with E-state index < -0.39 is 0 Å². The predicted octanol–water partition coefficient (Wildman–Crippen LogP) is 1.96. The molecule has 0 aliphatic carbocycles. The highest BCUT2D eigenvalue weighted by Crippen LogP contribution is 2.18. The number of carbonyl (C=O) groups is 1. The number of para-hydroxylation sites is 1. The molecule has 0 bridgehead atoms. The lowest BCUT2D eigenvalue weighted by Gasteiger charge is -2.05. The van der Waals surface area contributed by atoms with Crippen LogP contribution in [-0.4, -0.2) is 10.9 Å². The van der Waals surface area contributed by atoms with E-state index >= 15 is 0 Å². The lowest BCUT2D eigenvalue weighted by Crippen LogP contribution is -2.11. The van der Waals surface area contributed by atoms with Gasteiger partial charge in [-0.1, -0.05) is 24.3 Å². The molecule has 82 valence electrons. The zero-order chi connectivity index (χ0) is 11.5. The number of hydrogen-bond acceptors (Lipinski definition) is 2. The van der Waals surface area contributed by atoms with Gasteiger partial charge in [-0.3, -0.25) is 9.78 Å². The van der Waals surface area contributed by atoms with Crippen molar-refractivity contribution in [2.75, 3.05) is 0 Å². The summed E-state index contributed by atoms with van der Waals surface area (Å²) in [6.45, 7) is 1.96. The second-order valence-corrected chi connectivity index (χ2v) is 3.91. The van der Waals surface area contributed by atoms with E-state index in [1.165, 1.54) is 0 Å². The van der Waals surface area contributed by atoms with Gasteiger partial charge >= 0.3 is 0 Å². The van der Waals surface area contributed by atoms with Crippen molar-refractivity contribution < 1.29 is 4.79 Å². The Morgan fingerprint density at radius 3 is 2.88 bits per heavy atom. The minimum absolute atomic E-state index is 0.273. The summed E-state index contributed by atoms with van der Waals surface area (Å²) in [5.74, 6) is -0.273.